The number of benzene rings is 1. The molecule has 0 N–H and O–H groups in total. The first-order valence-electron chi connectivity index (χ1n) is 7.34. The summed E-state index contributed by atoms with van der Waals surface area (Å²) in [7, 11) is 0. The quantitative estimate of drug-likeness (QED) is 0.752. The van der Waals surface area contributed by atoms with Crippen molar-refractivity contribution in [3.63, 3.8) is 0 Å². The molecule has 0 atom stereocenters. The number of hydrogen-bond acceptors (Lipinski definition) is 2. The van der Waals surface area contributed by atoms with Crippen LogP contribution in [-0.4, -0.2) is 18.9 Å². The third-order valence-corrected chi connectivity index (χ3v) is 4.41. The number of ketones is 1. The molecule has 0 aromatic heterocycles. The van der Waals surface area contributed by atoms with Gasteiger partial charge in [-0.05, 0) is 49.3 Å². The molecule has 1 aliphatic heterocycles. The van der Waals surface area contributed by atoms with Gasteiger partial charge in [-0.3, -0.25) is 4.79 Å². The maximum absolute atomic E-state index is 14.1. The summed E-state index contributed by atoms with van der Waals surface area (Å²) in [6.07, 6.45) is 2.19. The zero-order valence-electron chi connectivity index (χ0n) is 12.9. The van der Waals surface area contributed by atoms with Gasteiger partial charge in [0.05, 0.1) is 5.69 Å². The van der Waals surface area contributed by atoms with E-state index in [-0.39, 0.29) is 11.6 Å². The number of carbonyl (C=O) groups excluding carboxylic acids is 1. The van der Waals surface area contributed by atoms with Crippen molar-refractivity contribution in [3.05, 3.63) is 29.6 Å². The van der Waals surface area contributed by atoms with Crippen molar-refractivity contribution in [2.24, 2.45) is 11.3 Å². The summed E-state index contributed by atoms with van der Waals surface area (Å²) in [6.45, 7) is 10.1. The highest BCUT2D eigenvalue weighted by molar-refractivity contribution is 5.94. The fourth-order valence-corrected chi connectivity index (χ4v) is 2.97. The van der Waals surface area contributed by atoms with Gasteiger partial charge in [0.1, 0.15) is 5.82 Å². The van der Waals surface area contributed by atoms with Gasteiger partial charge < -0.3 is 4.90 Å². The summed E-state index contributed by atoms with van der Waals surface area (Å²) >= 11 is 0. The largest absolute Gasteiger partial charge is 0.369 e. The van der Waals surface area contributed by atoms with Crippen molar-refractivity contribution in [2.75, 3.05) is 18.0 Å². The lowest BCUT2D eigenvalue weighted by atomic mass is 9.75. The number of Topliss-reactive ketones (excluding diaryl/α,β-unsaturated/α-hetero) is 1. The number of halogens is 1. The third-order valence-electron chi connectivity index (χ3n) is 4.41. The zero-order chi connectivity index (χ0) is 14.9. The highest BCUT2D eigenvalue weighted by Gasteiger charge is 2.29. The maximum Gasteiger partial charge on any atom is 0.159 e. The lowest BCUT2D eigenvalue weighted by molar-refractivity contribution is 0.101. The molecule has 1 aromatic rings. The van der Waals surface area contributed by atoms with Crippen LogP contribution in [0.3, 0.4) is 0 Å². The van der Waals surface area contributed by atoms with Crippen LogP contribution in [0.2, 0.25) is 0 Å². The normalized spacial score (nSPS) is 17.4. The van der Waals surface area contributed by atoms with Crippen LogP contribution in [-0.2, 0) is 0 Å². The van der Waals surface area contributed by atoms with E-state index in [1.807, 2.05) is 0 Å². The van der Waals surface area contributed by atoms with E-state index < -0.39 is 0 Å². The van der Waals surface area contributed by atoms with Gasteiger partial charge in [-0.2, -0.15) is 0 Å². The van der Waals surface area contributed by atoms with Crippen molar-refractivity contribution in [1.29, 1.82) is 0 Å². The minimum absolute atomic E-state index is 0.0955. The molecule has 3 heteroatoms. The van der Waals surface area contributed by atoms with Crippen LogP contribution in [0.4, 0.5) is 10.1 Å². The van der Waals surface area contributed by atoms with Crippen LogP contribution in [0.5, 0.6) is 0 Å². The first-order valence-corrected chi connectivity index (χ1v) is 7.34. The molecule has 1 heterocycles. The van der Waals surface area contributed by atoms with Crippen LogP contribution in [0.25, 0.3) is 0 Å². The average Bonchev–Trinajstić information content (AvgIpc) is 2.37. The van der Waals surface area contributed by atoms with Crippen molar-refractivity contribution >= 4 is 11.5 Å². The van der Waals surface area contributed by atoms with Gasteiger partial charge in [0.2, 0.25) is 0 Å². The molecule has 2 rings (SSSR count). The Morgan fingerprint density at radius 1 is 1.25 bits per heavy atom. The topological polar surface area (TPSA) is 20.3 Å². The molecule has 1 aromatic carbocycles. The second kappa shape index (κ2) is 5.55. The third kappa shape index (κ3) is 3.20. The van der Waals surface area contributed by atoms with E-state index in [9.17, 15) is 9.18 Å². The summed E-state index contributed by atoms with van der Waals surface area (Å²) in [5.41, 5.74) is 1.39. The Labute approximate surface area is 121 Å². The monoisotopic (exact) mass is 277 g/mol. The Bertz CT molecular complexity index is 496. The predicted molar refractivity (Wildman–Crippen MR) is 80.8 cm³/mol. The summed E-state index contributed by atoms with van der Waals surface area (Å²) in [6, 6.07) is 4.81. The fraction of sp³-hybridized carbons (Fsp3) is 0.588. The zero-order valence-corrected chi connectivity index (χ0v) is 12.9. The van der Waals surface area contributed by atoms with Crippen LogP contribution in [0.1, 0.15) is 50.9 Å². The minimum Gasteiger partial charge on any atom is -0.369 e. The van der Waals surface area contributed by atoms with Gasteiger partial charge in [0.15, 0.2) is 5.78 Å². The van der Waals surface area contributed by atoms with E-state index in [4.69, 9.17) is 0 Å². The molecule has 2 nitrogen and oxygen atoms in total. The summed E-state index contributed by atoms with van der Waals surface area (Å²) < 4.78 is 14.1. The molecule has 20 heavy (non-hydrogen) atoms. The smallest absolute Gasteiger partial charge is 0.159 e. The van der Waals surface area contributed by atoms with Crippen LogP contribution < -0.4 is 4.90 Å². The van der Waals surface area contributed by atoms with E-state index in [0.717, 1.165) is 25.9 Å². The first kappa shape index (κ1) is 15.0. The Morgan fingerprint density at radius 2 is 1.85 bits per heavy atom. The predicted octanol–water partition coefficient (Wildman–Crippen LogP) is 4.29. The van der Waals surface area contributed by atoms with Crippen molar-refractivity contribution in [1.82, 2.24) is 0 Å². The number of piperidine rings is 1. The van der Waals surface area contributed by atoms with Gasteiger partial charge in [-0.25, -0.2) is 4.39 Å². The molecule has 1 fully saturated rings. The Kier molecular flexibility index (Phi) is 4.17. The van der Waals surface area contributed by atoms with E-state index in [2.05, 4.69) is 25.7 Å². The Morgan fingerprint density at radius 3 is 2.30 bits per heavy atom. The van der Waals surface area contributed by atoms with Gasteiger partial charge >= 0.3 is 0 Å². The minimum atomic E-state index is -0.285. The van der Waals surface area contributed by atoms with Gasteiger partial charge in [-0.1, -0.05) is 20.8 Å². The molecule has 0 radical (unpaired) electrons. The van der Waals surface area contributed by atoms with Gasteiger partial charge in [-0.15, -0.1) is 0 Å². The molecule has 0 bridgehead atoms. The summed E-state index contributed by atoms with van der Waals surface area (Å²) in [5, 5.41) is 0. The number of nitrogens with zero attached hydrogens (tertiary/aromatic N) is 1. The number of carbonyl (C=O) groups is 1. The van der Waals surface area contributed by atoms with Crippen LogP contribution >= 0.6 is 0 Å². The summed E-state index contributed by atoms with van der Waals surface area (Å²) in [4.78, 5) is 13.4. The molecule has 0 saturated carbocycles. The Balaban J connectivity index is 2.09. The van der Waals surface area contributed by atoms with Gasteiger partial charge in [0.25, 0.3) is 0 Å². The number of rotatable bonds is 2. The molecular weight excluding hydrogens is 253 g/mol. The second-order valence-corrected chi connectivity index (χ2v) is 6.85. The molecule has 0 spiro atoms. The fourth-order valence-electron chi connectivity index (χ4n) is 2.97. The standard InChI is InChI=1S/C17H24FNO/c1-12(20)13-5-6-16(15(18)11-13)19-9-7-14(8-10-19)17(2,3)4/h5-6,11,14H,7-10H2,1-4H3. The molecule has 0 amide bonds. The SMILES string of the molecule is CC(=O)c1ccc(N2CCC(C(C)(C)C)CC2)c(F)c1. The molecule has 110 valence electrons. The molecule has 1 saturated heterocycles. The second-order valence-electron chi connectivity index (χ2n) is 6.85. The van der Waals surface area contributed by atoms with E-state index in [0.29, 0.717) is 22.6 Å². The lowest BCUT2D eigenvalue weighted by Crippen LogP contribution is -2.38. The highest BCUT2D eigenvalue weighted by Crippen LogP contribution is 2.36. The molecule has 1 aliphatic rings. The average molecular weight is 277 g/mol. The van der Waals surface area contributed by atoms with E-state index in [1.54, 1.807) is 12.1 Å². The summed E-state index contributed by atoms with van der Waals surface area (Å²) in [5.74, 6) is 0.312. The van der Waals surface area contributed by atoms with E-state index in [1.165, 1.54) is 13.0 Å². The van der Waals surface area contributed by atoms with Crippen LogP contribution in [0, 0.1) is 17.2 Å². The maximum atomic E-state index is 14.1. The Hall–Kier alpha value is -1.38. The number of anilines is 1. The highest BCUT2D eigenvalue weighted by atomic mass is 19.1. The van der Waals surface area contributed by atoms with Crippen molar-refractivity contribution < 1.29 is 9.18 Å². The van der Waals surface area contributed by atoms with Crippen LogP contribution in [0.15, 0.2) is 18.2 Å². The van der Waals surface area contributed by atoms with E-state index >= 15 is 0 Å². The first-order chi connectivity index (χ1) is 9.29. The van der Waals surface area contributed by atoms with Crippen molar-refractivity contribution in [2.45, 2.75) is 40.5 Å². The molecular formula is C17H24FNO. The molecule has 0 aliphatic carbocycles. The number of hydrogen-bond donors (Lipinski definition) is 0. The van der Waals surface area contributed by atoms with Crippen molar-refractivity contribution in [3.8, 4) is 0 Å². The lowest BCUT2D eigenvalue weighted by Gasteiger charge is -2.39. The van der Waals surface area contributed by atoms with Gasteiger partial charge in [0, 0.05) is 18.7 Å². The molecule has 0 unspecified atom stereocenters.